The van der Waals surface area contributed by atoms with Crippen LogP contribution in [0, 0.1) is 0 Å². The van der Waals surface area contributed by atoms with Gasteiger partial charge in [-0.15, -0.1) is 11.6 Å². The summed E-state index contributed by atoms with van der Waals surface area (Å²) in [4.78, 5) is 4.23. The number of pyridine rings is 1. The van der Waals surface area contributed by atoms with Crippen molar-refractivity contribution >= 4 is 11.6 Å². The van der Waals surface area contributed by atoms with Crippen LogP contribution in [0.15, 0.2) is 18.3 Å². The average molecular weight is 184 g/mol. The zero-order valence-electron chi connectivity index (χ0n) is 7.76. The summed E-state index contributed by atoms with van der Waals surface area (Å²) in [5, 5.41) is 0. The second-order valence-electron chi connectivity index (χ2n) is 3.88. The molecule has 66 valence electrons. The largest absolute Gasteiger partial charge is 0.260 e. The summed E-state index contributed by atoms with van der Waals surface area (Å²) in [7, 11) is 0. The lowest BCUT2D eigenvalue weighted by Gasteiger charge is -2.20. The maximum atomic E-state index is 5.78. The molecule has 0 saturated carbocycles. The predicted molar refractivity (Wildman–Crippen MR) is 52.5 cm³/mol. The molecule has 0 amide bonds. The Morgan fingerprint density at radius 3 is 2.50 bits per heavy atom. The minimum atomic E-state index is 0.137. The molecule has 2 heteroatoms. The van der Waals surface area contributed by atoms with Crippen LogP contribution in [0.5, 0.6) is 0 Å². The van der Waals surface area contributed by atoms with Gasteiger partial charge in [-0.1, -0.05) is 26.8 Å². The molecule has 0 unspecified atom stereocenters. The topological polar surface area (TPSA) is 12.9 Å². The molecule has 0 aliphatic heterocycles. The molecule has 1 aromatic heterocycles. The van der Waals surface area contributed by atoms with E-state index in [4.69, 9.17) is 11.6 Å². The van der Waals surface area contributed by atoms with Gasteiger partial charge in [-0.05, 0) is 17.0 Å². The van der Waals surface area contributed by atoms with E-state index in [-0.39, 0.29) is 5.41 Å². The van der Waals surface area contributed by atoms with Gasteiger partial charge in [0.25, 0.3) is 0 Å². The Bertz CT molecular complexity index is 263. The summed E-state index contributed by atoms with van der Waals surface area (Å²) in [5.41, 5.74) is 2.37. The number of hydrogen-bond acceptors (Lipinski definition) is 1. The molecule has 0 atom stereocenters. The molecule has 0 bridgehead atoms. The number of halogens is 1. The van der Waals surface area contributed by atoms with Crippen LogP contribution >= 0.6 is 11.6 Å². The first-order chi connectivity index (χ1) is 5.55. The van der Waals surface area contributed by atoms with Crippen molar-refractivity contribution in [1.29, 1.82) is 0 Å². The van der Waals surface area contributed by atoms with E-state index in [0.717, 1.165) is 5.69 Å². The van der Waals surface area contributed by atoms with Crippen molar-refractivity contribution in [1.82, 2.24) is 4.98 Å². The van der Waals surface area contributed by atoms with Crippen LogP contribution in [0.1, 0.15) is 32.0 Å². The Hall–Kier alpha value is -0.560. The van der Waals surface area contributed by atoms with Gasteiger partial charge in [0, 0.05) is 6.20 Å². The smallest absolute Gasteiger partial charge is 0.0650 e. The molecule has 0 spiro atoms. The standard InChI is InChI=1S/C10H14ClN/c1-10(2,3)8-5-4-6-12-9(8)7-11/h4-6H,7H2,1-3H3. The average Bonchev–Trinajstić information content (AvgIpc) is 2.03. The van der Waals surface area contributed by atoms with Gasteiger partial charge in [0.05, 0.1) is 11.6 Å². The van der Waals surface area contributed by atoms with Gasteiger partial charge >= 0.3 is 0 Å². The summed E-state index contributed by atoms with van der Waals surface area (Å²) in [6.45, 7) is 6.50. The highest BCUT2D eigenvalue weighted by Crippen LogP contribution is 2.24. The van der Waals surface area contributed by atoms with E-state index >= 15 is 0 Å². The molecule has 0 radical (unpaired) electrons. The molecule has 1 rings (SSSR count). The Morgan fingerprint density at radius 2 is 2.08 bits per heavy atom. The van der Waals surface area contributed by atoms with Gasteiger partial charge in [0.1, 0.15) is 0 Å². The number of hydrogen-bond donors (Lipinski definition) is 0. The van der Waals surface area contributed by atoms with Crippen molar-refractivity contribution in [2.75, 3.05) is 0 Å². The van der Waals surface area contributed by atoms with Crippen molar-refractivity contribution in [3.63, 3.8) is 0 Å². The van der Waals surface area contributed by atoms with Crippen molar-refractivity contribution in [2.24, 2.45) is 0 Å². The normalized spacial score (nSPS) is 11.7. The fourth-order valence-corrected chi connectivity index (χ4v) is 1.44. The van der Waals surface area contributed by atoms with E-state index in [1.807, 2.05) is 6.07 Å². The Morgan fingerprint density at radius 1 is 1.42 bits per heavy atom. The zero-order chi connectivity index (χ0) is 9.19. The molecule has 0 saturated heterocycles. The molecule has 0 aliphatic carbocycles. The maximum absolute atomic E-state index is 5.78. The fourth-order valence-electron chi connectivity index (χ4n) is 1.23. The Kier molecular flexibility index (Phi) is 2.73. The molecule has 0 fully saturated rings. The van der Waals surface area contributed by atoms with E-state index in [9.17, 15) is 0 Å². The van der Waals surface area contributed by atoms with Gasteiger partial charge < -0.3 is 0 Å². The highest BCUT2D eigenvalue weighted by Gasteiger charge is 2.17. The Labute approximate surface area is 78.8 Å². The second kappa shape index (κ2) is 3.44. The zero-order valence-corrected chi connectivity index (χ0v) is 8.52. The number of aromatic nitrogens is 1. The SMILES string of the molecule is CC(C)(C)c1cccnc1CCl. The maximum Gasteiger partial charge on any atom is 0.0650 e. The summed E-state index contributed by atoms with van der Waals surface area (Å²) >= 11 is 5.78. The minimum absolute atomic E-state index is 0.137. The number of rotatable bonds is 1. The van der Waals surface area contributed by atoms with Gasteiger partial charge in [0.2, 0.25) is 0 Å². The van der Waals surface area contributed by atoms with Crippen LogP contribution in [0.4, 0.5) is 0 Å². The first-order valence-electron chi connectivity index (χ1n) is 4.06. The van der Waals surface area contributed by atoms with Gasteiger partial charge in [-0.25, -0.2) is 0 Å². The quantitative estimate of drug-likeness (QED) is 0.610. The highest BCUT2D eigenvalue weighted by molar-refractivity contribution is 6.17. The van der Waals surface area contributed by atoms with E-state index in [2.05, 4.69) is 31.8 Å². The summed E-state index contributed by atoms with van der Waals surface area (Å²) in [6, 6.07) is 4.04. The monoisotopic (exact) mass is 183 g/mol. The van der Waals surface area contributed by atoms with E-state index in [1.54, 1.807) is 6.20 Å². The fraction of sp³-hybridized carbons (Fsp3) is 0.500. The molecule has 12 heavy (non-hydrogen) atoms. The Balaban J connectivity index is 3.14. The first-order valence-corrected chi connectivity index (χ1v) is 4.59. The molecule has 0 aliphatic rings. The minimum Gasteiger partial charge on any atom is -0.260 e. The van der Waals surface area contributed by atoms with E-state index in [1.165, 1.54) is 5.56 Å². The lowest BCUT2D eigenvalue weighted by Crippen LogP contribution is -2.14. The lowest BCUT2D eigenvalue weighted by atomic mass is 9.86. The van der Waals surface area contributed by atoms with Gasteiger partial charge in [0.15, 0.2) is 0 Å². The first kappa shape index (κ1) is 9.53. The third kappa shape index (κ3) is 1.98. The van der Waals surface area contributed by atoms with Crippen molar-refractivity contribution in [2.45, 2.75) is 32.1 Å². The van der Waals surface area contributed by atoms with Crippen LogP contribution in [0.3, 0.4) is 0 Å². The molecule has 1 aromatic rings. The third-order valence-electron chi connectivity index (χ3n) is 1.82. The molecule has 1 nitrogen and oxygen atoms in total. The van der Waals surface area contributed by atoms with Crippen LogP contribution < -0.4 is 0 Å². The van der Waals surface area contributed by atoms with Crippen molar-refractivity contribution < 1.29 is 0 Å². The summed E-state index contributed by atoms with van der Waals surface area (Å²) in [6.07, 6.45) is 1.78. The number of alkyl halides is 1. The van der Waals surface area contributed by atoms with Crippen LogP contribution in [-0.4, -0.2) is 4.98 Å². The van der Waals surface area contributed by atoms with Crippen LogP contribution in [-0.2, 0) is 11.3 Å². The van der Waals surface area contributed by atoms with Gasteiger partial charge in [-0.3, -0.25) is 4.98 Å². The van der Waals surface area contributed by atoms with Gasteiger partial charge in [-0.2, -0.15) is 0 Å². The van der Waals surface area contributed by atoms with Crippen molar-refractivity contribution in [3.8, 4) is 0 Å². The van der Waals surface area contributed by atoms with Crippen LogP contribution in [0.2, 0.25) is 0 Å². The third-order valence-corrected chi connectivity index (χ3v) is 2.08. The lowest BCUT2D eigenvalue weighted by molar-refractivity contribution is 0.581. The summed E-state index contributed by atoms with van der Waals surface area (Å²) < 4.78 is 0. The molecular weight excluding hydrogens is 170 g/mol. The second-order valence-corrected chi connectivity index (χ2v) is 4.15. The number of nitrogens with zero attached hydrogens (tertiary/aromatic N) is 1. The molecule has 0 aromatic carbocycles. The molecule has 1 heterocycles. The predicted octanol–water partition coefficient (Wildman–Crippen LogP) is 3.12. The van der Waals surface area contributed by atoms with E-state index < -0.39 is 0 Å². The van der Waals surface area contributed by atoms with Crippen molar-refractivity contribution in [3.05, 3.63) is 29.6 Å². The van der Waals surface area contributed by atoms with Crippen LogP contribution in [0.25, 0.3) is 0 Å². The molecular formula is C10H14ClN. The molecule has 0 N–H and O–H groups in total. The summed E-state index contributed by atoms with van der Waals surface area (Å²) in [5.74, 6) is 0.493. The highest BCUT2D eigenvalue weighted by atomic mass is 35.5. The van der Waals surface area contributed by atoms with E-state index in [0.29, 0.717) is 5.88 Å².